The second kappa shape index (κ2) is 4.53. The number of nitrogens with one attached hydrogen (secondary N) is 1. The maximum Gasteiger partial charge on any atom is 0.164 e. The Morgan fingerprint density at radius 1 is 1.22 bits per heavy atom. The van der Waals surface area contributed by atoms with Gasteiger partial charge in [-0.25, -0.2) is 0 Å². The van der Waals surface area contributed by atoms with Crippen LogP contribution in [-0.4, -0.2) is 21.3 Å². The standard InChI is InChI=1S/C12H12Cl2N4/c1-7-11-16-17-12(18(11)3-2-15-7)8-4-9(13)6-10(14)5-8/h4-7,15H,2-3H2,1H3. The molecule has 18 heavy (non-hydrogen) atoms. The van der Waals surface area contributed by atoms with Crippen molar-refractivity contribution in [2.24, 2.45) is 0 Å². The summed E-state index contributed by atoms with van der Waals surface area (Å²) >= 11 is 12.0. The third-order valence-electron chi connectivity index (χ3n) is 3.07. The maximum atomic E-state index is 6.02. The smallest absolute Gasteiger partial charge is 0.164 e. The SMILES string of the molecule is CC1NCCn2c(-c3cc(Cl)cc(Cl)c3)nnc21. The molecule has 0 saturated heterocycles. The molecule has 1 aliphatic rings. The van der Waals surface area contributed by atoms with Crippen molar-refractivity contribution in [1.29, 1.82) is 0 Å². The first-order valence-electron chi connectivity index (χ1n) is 5.78. The number of rotatable bonds is 1. The van der Waals surface area contributed by atoms with Crippen molar-refractivity contribution in [2.45, 2.75) is 19.5 Å². The summed E-state index contributed by atoms with van der Waals surface area (Å²) in [6.07, 6.45) is 0. The van der Waals surface area contributed by atoms with Crippen LogP contribution in [0.25, 0.3) is 11.4 Å². The van der Waals surface area contributed by atoms with Crippen molar-refractivity contribution in [3.63, 3.8) is 0 Å². The minimum absolute atomic E-state index is 0.217. The molecular weight excluding hydrogens is 271 g/mol. The first-order chi connectivity index (χ1) is 8.65. The van der Waals surface area contributed by atoms with Crippen molar-refractivity contribution >= 4 is 23.2 Å². The number of hydrogen-bond acceptors (Lipinski definition) is 3. The lowest BCUT2D eigenvalue weighted by Gasteiger charge is -2.21. The summed E-state index contributed by atoms with van der Waals surface area (Å²) in [5.41, 5.74) is 0.903. The Morgan fingerprint density at radius 2 is 1.94 bits per heavy atom. The van der Waals surface area contributed by atoms with Crippen molar-refractivity contribution in [2.75, 3.05) is 6.54 Å². The third-order valence-corrected chi connectivity index (χ3v) is 3.51. The molecule has 0 spiro atoms. The van der Waals surface area contributed by atoms with Crippen LogP contribution in [0, 0.1) is 0 Å². The highest BCUT2D eigenvalue weighted by Gasteiger charge is 2.22. The molecule has 3 rings (SSSR count). The van der Waals surface area contributed by atoms with Gasteiger partial charge in [-0.3, -0.25) is 0 Å². The Kier molecular flexibility index (Phi) is 3.01. The first-order valence-corrected chi connectivity index (χ1v) is 6.53. The van der Waals surface area contributed by atoms with Gasteiger partial charge in [-0.2, -0.15) is 0 Å². The molecule has 1 atom stereocenters. The van der Waals surface area contributed by atoms with Gasteiger partial charge in [0.2, 0.25) is 0 Å². The Bertz CT molecular complexity index is 574. The number of fused-ring (bicyclic) bond motifs is 1. The molecule has 2 heterocycles. The van der Waals surface area contributed by atoms with Gasteiger partial charge in [-0.1, -0.05) is 23.2 Å². The van der Waals surface area contributed by atoms with Gasteiger partial charge in [-0.05, 0) is 25.1 Å². The van der Waals surface area contributed by atoms with Gasteiger partial charge in [0.15, 0.2) is 5.82 Å². The number of halogens is 2. The van der Waals surface area contributed by atoms with Gasteiger partial charge in [-0.15, -0.1) is 10.2 Å². The predicted octanol–water partition coefficient (Wildman–Crippen LogP) is 2.92. The van der Waals surface area contributed by atoms with Crippen LogP contribution in [0.3, 0.4) is 0 Å². The van der Waals surface area contributed by atoms with E-state index in [0.29, 0.717) is 10.0 Å². The summed E-state index contributed by atoms with van der Waals surface area (Å²) in [7, 11) is 0. The quantitative estimate of drug-likeness (QED) is 0.875. The average molecular weight is 283 g/mol. The van der Waals surface area contributed by atoms with Gasteiger partial charge in [0.05, 0.1) is 6.04 Å². The molecule has 0 saturated carbocycles. The van der Waals surface area contributed by atoms with Crippen molar-refractivity contribution in [3.05, 3.63) is 34.1 Å². The average Bonchev–Trinajstić information content (AvgIpc) is 2.73. The van der Waals surface area contributed by atoms with Crippen LogP contribution < -0.4 is 5.32 Å². The predicted molar refractivity (Wildman–Crippen MR) is 71.9 cm³/mol. The van der Waals surface area contributed by atoms with E-state index in [-0.39, 0.29) is 6.04 Å². The molecule has 4 nitrogen and oxygen atoms in total. The molecule has 1 N–H and O–H groups in total. The molecule has 0 aliphatic carbocycles. The van der Waals surface area contributed by atoms with Gasteiger partial charge in [0.1, 0.15) is 5.82 Å². The van der Waals surface area contributed by atoms with Crippen molar-refractivity contribution in [3.8, 4) is 11.4 Å². The fraction of sp³-hybridized carbons (Fsp3) is 0.333. The Labute approximate surface area is 115 Å². The van der Waals surface area contributed by atoms with Gasteiger partial charge in [0, 0.05) is 28.7 Å². The lowest BCUT2D eigenvalue weighted by Crippen LogP contribution is -2.32. The minimum atomic E-state index is 0.217. The molecule has 2 aromatic rings. The molecule has 0 amide bonds. The minimum Gasteiger partial charge on any atom is -0.308 e. The molecule has 1 aromatic carbocycles. The second-order valence-corrected chi connectivity index (χ2v) is 5.24. The zero-order chi connectivity index (χ0) is 12.7. The molecule has 1 unspecified atom stereocenters. The zero-order valence-electron chi connectivity index (χ0n) is 9.82. The number of hydrogen-bond donors (Lipinski definition) is 1. The van der Waals surface area contributed by atoms with Gasteiger partial charge >= 0.3 is 0 Å². The van der Waals surface area contributed by atoms with Crippen molar-refractivity contribution in [1.82, 2.24) is 20.1 Å². The van der Waals surface area contributed by atoms with E-state index < -0.39 is 0 Å². The summed E-state index contributed by atoms with van der Waals surface area (Å²) in [4.78, 5) is 0. The van der Waals surface area contributed by atoms with Crippen LogP contribution in [0.15, 0.2) is 18.2 Å². The summed E-state index contributed by atoms with van der Waals surface area (Å²) in [5, 5.41) is 13.1. The van der Waals surface area contributed by atoms with Gasteiger partial charge < -0.3 is 9.88 Å². The topological polar surface area (TPSA) is 42.7 Å². The summed E-state index contributed by atoms with van der Waals surface area (Å²) in [6.45, 7) is 3.84. The van der Waals surface area contributed by atoms with E-state index in [4.69, 9.17) is 23.2 Å². The Hall–Kier alpha value is -1.10. The van der Waals surface area contributed by atoms with Gasteiger partial charge in [0.25, 0.3) is 0 Å². The lowest BCUT2D eigenvalue weighted by molar-refractivity contribution is 0.439. The van der Waals surface area contributed by atoms with Crippen LogP contribution in [0.2, 0.25) is 10.0 Å². The number of nitrogens with zero attached hydrogens (tertiary/aromatic N) is 3. The van der Waals surface area contributed by atoms with Crippen LogP contribution in [-0.2, 0) is 6.54 Å². The van der Waals surface area contributed by atoms with Crippen LogP contribution in [0.4, 0.5) is 0 Å². The van der Waals surface area contributed by atoms with E-state index in [9.17, 15) is 0 Å². The molecule has 1 aliphatic heterocycles. The maximum absolute atomic E-state index is 6.02. The highest BCUT2D eigenvalue weighted by atomic mass is 35.5. The molecule has 94 valence electrons. The monoisotopic (exact) mass is 282 g/mol. The molecule has 1 aromatic heterocycles. The fourth-order valence-electron chi connectivity index (χ4n) is 2.24. The van der Waals surface area contributed by atoms with E-state index in [2.05, 4.69) is 27.0 Å². The molecular formula is C12H12Cl2N4. The highest BCUT2D eigenvalue weighted by Crippen LogP contribution is 2.28. The largest absolute Gasteiger partial charge is 0.308 e. The molecule has 6 heteroatoms. The second-order valence-electron chi connectivity index (χ2n) is 4.37. The van der Waals surface area contributed by atoms with Crippen LogP contribution >= 0.6 is 23.2 Å². The van der Waals surface area contributed by atoms with E-state index in [1.165, 1.54) is 0 Å². The number of benzene rings is 1. The summed E-state index contributed by atoms with van der Waals surface area (Å²) in [6, 6.07) is 5.65. The van der Waals surface area contributed by atoms with E-state index in [1.807, 2.05) is 12.1 Å². The zero-order valence-corrected chi connectivity index (χ0v) is 11.3. The van der Waals surface area contributed by atoms with Crippen LogP contribution in [0.1, 0.15) is 18.8 Å². The van der Waals surface area contributed by atoms with Crippen LogP contribution in [0.5, 0.6) is 0 Å². The first kappa shape index (κ1) is 12.0. The molecule has 0 bridgehead atoms. The lowest BCUT2D eigenvalue weighted by atomic mass is 10.2. The van der Waals surface area contributed by atoms with E-state index in [0.717, 1.165) is 30.3 Å². The number of aromatic nitrogens is 3. The van der Waals surface area contributed by atoms with E-state index >= 15 is 0 Å². The summed E-state index contributed by atoms with van der Waals surface area (Å²) in [5.74, 6) is 1.77. The summed E-state index contributed by atoms with van der Waals surface area (Å²) < 4.78 is 2.11. The Morgan fingerprint density at radius 3 is 2.67 bits per heavy atom. The highest BCUT2D eigenvalue weighted by molar-refractivity contribution is 6.35. The Balaban J connectivity index is 2.12. The third kappa shape index (κ3) is 2.00. The normalized spacial score (nSPS) is 18.7. The molecule has 0 fully saturated rings. The van der Waals surface area contributed by atoms with E-state index in [1.54, 1.807) is 6.07 Å². The fourth-order valence-corrected chi connectivity index (χ4v) is 2.76. The van der Waals surface area contributed by atoms with Crippen molar-refractivity contribution < 1.29 is 0 Å². The molecule has 0 radical (unpaired) electrons.